The third-order valence-corrected chi connectivity index (χ3v) is 5.95. The minimum atomic E-state index is -0.169. The van der Waals surface area contributed by atoms with E-state index in [4.69, 9.17) is 4.74 Å². The van der Waals surface area contributed by atoms with Crippen LogP contribution < -0.4 is 4.90 Å². The van der Waals surface area contributed by atoms with Crippen LogP contribution in [0.25, 0.3) is 0 Å². The van der Waals surface area contributed by atoms with Gasteiger partial charge in [-0.25, -0.2) is 4.79 Å². The summed E-state index contributed by atoms with van der Waals surface area (Å²) in [6.45, 7) is 9.74. The predicted molar refractivity (Wildman–Crippen MR) is 116 cm³/mol. The van der Waals surface area contributed by atoms with Gasteiger partial charge in [0.1, 0.15) is 6.10 Å². The molecule has 0 saturated carbocycles. The number of hydrogen-bond acceptors (Lipinski definition) is 4. The Hall–Kier alpha value is -2.04. The summed E-state index contributed by atoms with van der Waals surface area (Å²) in [6, 6.07) is 14.5. The minimum Gasteiger partial charge on any atom is -0.454 e. The lowest BCUT2D eigenvalue weighted by Gasteiger charge is -2.36. The van der Waals surface area contributed by atoms with E-state index < -0.39 is 0 Å². The van der Waals surface area contributed by atoms with Crippen LogP contribution in [0, 0.1) is 13.8 Å². The van der Waals surface area contributed by atoms with Crippen LogP contribution >= 0.6 is 12.4 Å². The summed E-state index contributed by atoms with van der Waals surface area (Å²) in [5.41, 5.74) is 5.85. The van der Waals surface area contributed by atoms with E-state index in [2.05, 4.69) is 41.8 Å². The molecule has 0 bridgehead atoms. The van der Waals surface area contributed by atoms with Crippen LogP contribution in [0.15, 0.2) is 42.5 Å². The lowest BCUT2D eigenvalue weighted by atomic mass is 10.0. The number of piperazine rings is 1. The highest BCUT2D eigenvalue weighted by atomic mass is 35.5. The molecule has 0 aromatic heterocycles. The van der Waals surface area contributed by atoms with Crippen LogP contribution in [-0.2, 0) is 4.74 Å². The summed E-state index contributed by atoms with van der Waals surface area (Å²) in [5.74, 6) is -0.169. The number of benzene rings is 2. The molecule has 1 atom stereocenters. The number of carbonyl (C=O) groups excluding carboxylic acids is 1. The smallest absolute Gasteiger partial charge is 0.339 e. The van der Waals surface area contributed by atoms with Crippen molar-refractivity contribution in [2.45, 2.75) is 32.8 Å². The van der Waals surface area contributed by atoms with E-state index in [1.165, 1.54) is 16.8 Å². The van der Waals surface area contributed by atoms with E-state index in [1.807, 2.05) is 24.3 Å². The Bertz CT molecular complexity index is 831. The molecule has 2 aliphatic heterocycles. The summed E-state index contributed by atoms with van der Waals surface area (Å²) in [5, 5.41) is 0. The van der Waals surface area contributed by atoms with Gasteiger partial charge in [-0.05, 0) is 62.6 Å². The van der Waals surface area contributed by atoms with Gasteiger partial charge in [0.2, 0.25) is 0 Å². The summed E-state index contributed by atoms with van der Waals surface area (Å²) >= 11 is 0. The molecule has 0 amide bonds. The van der Waals surface area contributed by atoms with Crippen molar-refractivity contribution >= 4 is 24.1 Å². The molecule has 4 rings (SSSR count). The second-order valence-electron chi connectivity index (χ2n) is 7.72. The molecule has 28 heavy (non-hydrogen) atoms. The van der Waals surface area contributed by atoms with Gasteiger partial charge in [-0.15, -0.1) is 12.4 Å². The van der Waals surface area contributed by atoms with E-state index >= 15 is 0 Å². The number of cyclic esters (lactones) is 1. The van der Waals surface area contributed by atoms with Gasteiger partial charge in [-0.1, -0.05) is 24.3 Å². The number of carbonyl (C=O) groups is 1. The normalized spacial score (nSPS) is 19.1. The number of rotatable bonds is 5. The largest absolute Gasteiger partial charge is 0.454 e. The number of halogens is 1. The van der Waals surface area contributed by atoms with E-state index in [0.717, 1.165) is 56.7 Å². The van der Waals surface area contributed by atoms with E-state index in [-0.39, 0.29) is 24.5 Å². The van der Waals surface area contributed by atoms with Crippen molar-refractivity contribution < 1.29 is 9.53 Å². The fourth-order valence-electron chi connectivity index (χ4n) is 4.09. The summed E-state index contributed by atoms with van der Waals surface area (Å²) in [4.78, 5) is 16.9. The Morgan fingerprint density at radius 1 is 1.00 bits per heavy atom. The Balaban J connectivity index is 0.00000225. The lowest BCUT2D eigenvalue weighted by molar-refractivity contribution is 0.0358. The molecule has 150 valence electrons. The Morgan fingerprint density at radius 3 is 2.50 bits per heavy atom. The van der Waals surface area contributed by atoms with Gasteiger partial charge < -0.3 is 9.64 Å². The zero-order valence-electron chi connectivity index (χ0n) is 16.7. The fraction of sp³-hybridized carbons (Fsp3) is 0.435. The molecule has 1 unspecified atom stereocenters. The van der Waals surface area contributed by atoms with Gasteiger partial charge in [0.05, 0.1) is 5.56 Å². The van der Waals surface area contributed by atoms with Crippen LogP contribution in [0.1, 0.15) is 46.0 Å². The van der Waals surface area contributed by atoms with Crippen molar-refractivity contribution in [1.29, 1.82) is 0 Å². The van der Waals surface area contributed by atoms with E-state index in [0.29, 0.717) is 0 Å². The second-order valence-corrected chi connectivity index (χ2v) is 7.72. The van der Waals surface area contributed by atoms with Crippen molar-refractivity contribution in [1.82, 2.24) is 4.90 Å². The minimum absolute atomic E-state index is 0. The van der Waals surface area contributed by atoms with Crippen LogP contribution in [0.4, 0.5) is 5.69 Å². The third kappa shape index (κ3) is 4.34. The molecule has 1 fully saturated rings. The Labute approximate surface area is 173 Å². The molecule has 0 spiro atoms. The summed E-state index contributed by atoms with van der Waals surface area (Å²) in [7, 11) is 0. The average Bonchev–Trinajstić information content (AvgIpc) is 3.01. The predicted octanol–water partition coefficient (Wildman–Crippen LogP) is 4.54. The molecule has 5 heteroatoms. The standard InChI is InChI=1S/C23H28N2O2.ClH/c1-17-9-10-19(16-18(17)2)25-14-12-24(13-15-25)11-5-8-22-20-6-3-4-7-21(20)23(26)27-22;/h3-4,6-7,9-10,16,22H,5,8,11-15H2,1-2H3;1H. The van der Waals surface area contributed by atoms with Crippen molar-refractivity contribution in [2.75, 3.05) is 37.6 Å². The first-order valence-corrected chi connectivity index (χ1v) is 9.96. The quantitative estimate of drug-likeness (QED) is 0.690. The van der Waals surface area contributed by atoms with Gasteiger partial charge in [-0.2, -0.15) is 0 Å². The van der Waals surface area contributed by atoms with Crippen LogP contribution in [0.5, 0.6) is 0 Å². The Morgan fingerprint density at radius 2 is 1.75 bits per heavy atom. The molecule has 4 nitrogen and oxygen atoms in total. The number of anilines is 1. The second kappa shape index (κ2) is 8.97. The zero-order chi connectivity index (χ0) is 18.8. The van der Waals surface area contributed by atoms with Gasteiger partial charge >= 0.3 is 5.97 Å². The molecular formula is C23H29ClN2O2. The van der Waals surface area contributed by atoms with Crippen molar-refractivity contribution in [3.8, 4) is 0 Å². The molecular weight excluding hydrogens is 372 g/mol. The maximum atomic E-state index is 11.9. The Kier molecular flexibility index (Phi) is 6.63. The van der Waals surface area contributed by atoms with Crippen molar-refractivity contribution in [2.24, 2.45) is 0 Å². The zero-order valence-corrected chi connectivity index (χ0v) is 17.5. The fourth-order valence-corrected chi connectivity index (χ4v) is 4.09. The molecule has 0 N–H and O–H groups in total. The first-order chi connectivity index (χ1) is 13.1. The van der Waals surface area contributed by atoms with Crippen molar-refractivity contribution in [3.05, 3.63) is 64.7 Å². The number of nitrogens with zero attached hydrogens (tertiary/aromatic N) is 2. The van der Waals surface area contributed by atoms with E-state index in [9.17, 15) is 4.79 Å². The molecule has 1 saturated heterocycles. The summed E-state index contributed by atoms with van der Waals surface area (Å²) in [6.07, 6.45) is 1.89. The molecule has 2 aliphatic rings. The first-order valence-electron chi connectivity index (χ1n) is 9.96. The van der Waals surface area contributed by atoms with E-state index in [1.54, 1.807) is 0 Å². The van der Waals surface area contributed by atoms with Crippen LogP contribution in [0.3, 0.4) is 0 Å². The molecule has 2 aromatic carbocycles. The number of esters is 1. The van der Waals surface area contributed by atoms with Gasteiger partial charge in [0, 0.05) is 37.4 Å². The number of aryl methyl sites for hydroxylation is 2. The van der Waals surface area contributed by atoms with Gasteiger partial charge in [-0.3, -0.25) is 4.90 Å². The molecule has 2 aromatic rings. The highest BCUT2D eigenvalue weighted by Crippen LogP contribution is 2.33. The average molecular weight is 401 g/mol. The molecule has 0 radical (unpaired) electrons. The topological polar surface area (TPSA) is 32.8 Å². The maximum absolute atomic E-state index is 11.9. The third-order valence-electron chi connectivity index (χ3n) is 5.95. The van der Waals surface area contributed by atoms with Gasteiger partial charge in [0.25, 0.3) is 0 Å². The first kappa shape index (κ1) is 20.7. The van der Waals surface area contributed by atoms with Crippen LogP contribution in [0.2, 0.25) is 0 Å². The van der Waals surface area contributed by atoms with Crippen LogP contribution in [-0.4, -0.2) is 43.6 Å². The number of ether oxygens (including phenoxy) is 1. The number of fused-ring (bicyclic) bond motifs is 1. The highest BCUT2D eigenvalue weighted by molar-refractivity contribution is 5.93. The lowest BCUT2D eigenvalue weighted by Crippen LogP contribution is -2.46. The monoisotopic (exact) mass is 400 g/mol. The SMILES string of the molecule is Cc1ccc(N2CCN(CCCC3OC(=O)c4ccccc43)CC2)cc1C.Cl. The highest BCUT2D eigenvalue weighted by Gasteiger charge is 2.30. The maximum Gasteiger partial charge on any atom is 0.339 e. The van der Waals surface area contributed by atoms with Gasteiger partial charge in [0.15, 0.2) is 0 Å². The number of hydrogen-bond donors (Lipinski definition) is 0. The summed E-state index contributed by atoms with van der Waals surface area (Å²) < 4.78 is 5.55. The molecule has 0 aliphatic carbocycles. The van der Waals surface area contributed by atoms with Crippen molar-refractivity contribution in [3.63, 3.8) is 0 Å². The molecule has 2 heterocycles.